The summed E-state index contributed by atoms with van der Waals surface area (Å²) >= 11 is 0. The standard InChI is InChI=1S/C16H27N3O/c1-3-14(7-9-20)18-15(11-17)12-4-5-16-13(10-12)6-8-19(16)2/h4-5,10,14-15,18,20H,3,6-9,11,17H2,1-2H3. The third-order valence-corrected chi connectivity index (χ3v) is 4.28. The van der Waals surface area contributed by atoms with E-state index in [0.717, 1.165) is 25.8 Å². The third-order valence-electron chi connectivity index (χ3n) is 4.28. The van der Waals surface area contributed by atoms with Crippen LogP contribution in [0.1, 0.15) is 36.9 Å². The van der Waals surface area contributed by atoms with E-state index >= 15 is 0 Å². The molecule has 1 aliphatic heterocycles. The highest BCUT2D eigenvalue weighted by molar-refractivity contribution is 5.58. The van der Waals surface area contributed by atoms with Crippen molar-refractivity contribution in [3.8, 4) is 0 Å². The minimum atomic E-state index is 0.169. The molecule has 4 N–H and O–H groups in total. The van der Waals surface area contributed by atoms with E-state index < -0.39 is 0 Å². The molecule has 4 heteroatoms. The topological polar surface area (TPSA) is 61.5 Å². The van der Waals surface area contributed by atoms with E-state index in [1.807, 2.05) is 0 Å². The number of hydrogen-bond acceptors (Lipinski definition) is 4. The first-order valence-electron chi connectivity index (χ1n) is 7.60. The van der Waals surface area contributed by atoms with E-state index in [2.05, 4.69) is 42.4 Å². The summed E-state index contributed by atoms with van der Waals surface area (Å²) in [4.78, 5) is 2.30. The lowest BCUT2D eigenvalue weighted by Gasteiger charge is -2.24. The molecule has 2 unspecified atom stereocenters. The molecule has 0 bridgehead atoms. The van der Waals surface area contributed by atoms with Crippen molar-refractivity contribution >= 4 is 5.69 Å². The molecule has 0 aliphatic carbocycles. The second kappa shape index (κ2) is 7.07. The fourth-order valence-corrected chi connectivity index (χ4v) is 2.95. The van der Waals surface area contributed by atoms with Gasteiger partial charge in [-0.2, -0.15) is 0 Å². The van der Waals surface area contributed by atoms with Gasteiger partial charge in [0, 0.05) is 44.5 Å². The van der Waals surface area contributed by atoms with Crippen molar-refractivity contribution < 1.29 is 5.11 Å². The second-order valence-electron chi connectivity index (χ2n) is 5.63. The van der Waals surface area contributed by atoms with E-state index in [1.165, 1.54) is 16.8 Å². The number of nitrogens with one attached hydrogen (secondary N) is 1. The summed E-state index contributed by atoms with van der Waals surface area (Å²) in [6.07, 6.45) is 2.90. The Bertz CT molecular complexity index is 436. The molecule has 20 heavy (non-hydrogen) atoms. The van der Waals surface area contributed by atoms with E-state index in [4.69, 9.17) is 10.8 Å². The van der Waals surface area contributed by atoms with Gasteiger partial charge in [0.15, 0.2) is 0 Å². The lowest BCUT2D eigenvalue weighted by Crippen LogP contribution is -2.37. The van der Waals surface area contributed by atoms with Gasteiger partial charge in [-0.1, -0.05) is 19.1 Å². The smallest absolute Gasteiger partial charge is 0.0446 e. The van der Waals surface area contributed by atoms with Gasteiger partial charge in [0.25, 0.3) is 0 Å². The van der Waals surface area contributed by atoms with Crippen LogP contribution in [0.2, 0.25) is 0 Å². The maximum Gasteiger partial charge on any atom is 0.0446 e. The summed E-state index contributed by atoms with van der Waals surface area (Å²) < 4.78 is 0. The zero-order chi connectivity index (χ0) is 14.5. The van der Waals surface area contributed by atoms with E-state index in [1.54, 1.807) is 0 Å². The Hall–Kier alpha value is -1.10. The zero-order valence-corrected chi connectivity index (χ0v) is 12.6. The van der Waals surface area contributed by atoms with E-state index in [9.17, 15) is 0 Å². The molecule has 2 atom stereocenters. The molecule has 112 valence electrons. The van der Waals surface area contributed by atoms with Crippen LogP contribution in [0.15, 0.2) is 18.2 Å². The first kappa shape index (κ1) is 15.3. The molecule has 2 rings (SSSR count). The second-order valence-corrected chi connectivity index (χ2v) is 5.63. The van der Waals surface area contributed by atoms with Crippen LogP contribution in [0.4, 0.5) is 5.69 Å². The van der Waals surface area contributed by atoms with Crippen molar-refractivity contribution in [2.24, 2.45) is 5.73 Å². The van der Waals surface area contributed by atoms with Crippen LogP contribution in [0, 0.1) is 0 Å². The van der Waals surface area contributed by atoms with Crippen LogP contribution >= 0.6 is 0 Å². The molecule has 1 heterocycles. The normalized spacial score (nSPS) is 17.1. The Morgan fingerprint density at radius 2 is 2.25 bits per heavy atom. The monoisotopic (exact) mass is 277 g/mol. The molecule has 1 aromatic carbocycles. The summed E-state index contributed by atoms with van der Waals surface area (Å²) in [6.45, 7) is 4.04. The van der Waals surface area contributed by atoms with Gasteiger partial charge in [-0.05, 0) is 36.5 Å². The van der Waals surface area contributed by atoms with Gasteiger partial charge in [0.1, 0.15) is 0 Å². The number of anilines is 1. The maximum atomic E-state index is 9.10. The summed E-state index contributed by atoms with van der Waals surface area (Å²) in [5, 5.41) is 12.7. The summed E-state index contributed by atoms with van der Waals surface area (Å²) in [7, 11) is 2.14. The molecule has 0 amide bonds. The van der Waals surface area contributed by atoms with Crippen LogP contribution in [0.3, 0.4) is 0 Å². The number of benzene rings is 1. The fourth-order valence-electron chi connectivity index (χ4n) is 2.95. The van der Waals surface area contributed by atoms with Gasteiger partial charge >= 0.3 is 0 Å². The Morgan fingerprint density at radius 3 is 2.90 bits per heavy atom. The zero-order valence-electron chi connectivity index (χ0n) is 12.6. The summed E-state index contributed by atoms with van der Waals surface area (Å²) in [5.74, 6) is 0. The number of fused-ring (bicyclic) bond motifs is 1. The molecule has 0 radical (unpaired) electrons. The number of hydrogen-bond donors (Lipinski definition) is 3. The summed E-state index contributed by atoms with van der Waals surface area (Å²) in [6, 6.07) is 7.16. The van der Waals surface area contributed by atoms with Crippen LogP contribution in [-0.4, -0.2) is 37.9 Å². The molecule has 0 fully saturated rings. The predicted octanol–water partition coefficient (Wildman–Crippen LogP) is 1.43. The van der Waals surface area contributed by atoms with Crippen molar-refractivity contribution in [3.05, 3.63) is 29.3 Å². The summed E-state index contributed by atoms with van der Waals surface area (Å²) in [5.41, 5.74) is 9.96. The number of rotatable bonds is 7. The van der Waals surface area contributed by atoms with Crippen LogP contribution in [-0.2, 0) is 6.42 Å². The van der Waals surface area contributed by atoms with Gasteiger partial charge in [0.05, 0.1) is 0 Å². The van der Waals surface area contributed by atoms with Crippen LogP contribution in [0.25, 0.3) is 0 Å². The SMILES string of the molecule is CCC(CCO)NC(CN)c1ccc2c(c1)CCN2C. The highest BCUT2D eigenvalue weighted by atomic mass is 16.3. The fraction of sp³-hybridized carbons (Fsp3) is 0.625. The molecule has 0 spiro atoms. The molecular formula is C16H27N3O. The minimum absolute atomic E-state index is 0.169. The van der Waals surface area contributed by atoms with E-state index in [0.29, 0.717) is 12.6 Å². The van der Waals surface area contributed by atoms with Crippen molar-refractivity contribution in [2.75, 3.05) is 31.6 Å². The lowest BCUT2D eigenvalue weighted by atomic mass is 10.0. The van der Waals surface area contributed by atoms with Crippen LogP contribution in [0.5, 0.6) is 0 Å². The van der Waals surface area contributed by atoms with Gasteiger partial charge in [-0.15, -0.1) is 0 Å². The Balaban J connectivity index is 2.11. The largest absolute Gasteiger partial charge is 0.396 e. The number of nitrogens with zero attached hydrogens (tertiary/aromatic N) is 1. The van der Waals surface area contributed by atoms with Gasteiger partial charge in [-0.3, -0.25) is 0 Å². The Labute approximate surface area is 122 Å². The molecule has 0 saturated carbocycles. The molecule has 1 aliphatic rings. The molecule has 0 saturated heterocycles. The quantitative estimate of drug-likeness (QED) is 0.705. The Kier molecular flexibility index (Phi) is 5.40. The lowest BCUT2D eigenvalue weighted by molar-refractivity contribution is 0.256. The minimum Gasteiger partial charge on any atom is -0.396 e. The van der Waals surface area contributed by atoms with Crippen molar-refractivity contribution in [1.82, 2.24) is 5.32 Å². The number of aliphatic hydroxyl groups is 1. The highest BCUT2D eigenvalue weighted by Gasteiger charge is 2.19. The first-order valence-corrected chi connectivity index (χ1v) is 7.60. The molecule has 4 nitrogen and oxygen atoms in total. The number of aliphatic hydroxyl groups excluding tert-OH is 1. The van der Waals surface area contributed by atoms with Gasteiger partial charge < -0.3 is 21.1 Å². The average Bonchev–Trinajstić information content (AvgIpc) is 2.84. The van der Waals surface area contributed by atoms with Gasteiger partial charge in [-0.25, -0.2) is 0 Å². The van der Waals surface area contributed by atoms with Crippen molar-refractivity contribution in [2.45, 2.75) is 38.3 Å². The third kappa shape index (κ3) is 3.32. The Morgan fingerprint density at radius 1 is 1.45 bits per heavy atom. The molecule has 1 aromatic rings. The predicted molar refractivity (Wildman–Crippen MR) is 84.1 cm³/mol. The number of likely N-dealkylation sites (N-methyl/N-ethyl adjacent to an activating group) is 1. The van der Waals surface area contributed by atoms with E-state index in [-0.39, 0.29) is 12.6 Å². The molecular weight excluding hydrogens is 250 g/mol. The number of nitrogens with two attached hydrogens (primary N) is 1. The highest BCUT2D eigenvalue weighted by Crippen LogP contribution is 2.29. The van der Waals surface area contributed by atoms with Gasteiger partial charge in [0.2, 0.25) is 0 Å². The van der Waals surface area contributed by atoms with Crippen LogP contribution < -0.4 is 16.0 Å². The molecule has 0 aromatic heterocycles. The van der Waals surface area contributed by atoms with Crippen molar-refractivity contribution in [3.63, 3.8) is 0 Å². The maximum absolute atomic E-state index is 9.10. The first-order chi connectivity index (χ1) is 9.69. The average molecular weight is 277 g/mol. The van der Waals surface area contributed by atoms with Crippen molar-refractivity contribution in [1.29, 1.82) is 0 Å².